The van der Waals surface area contributed by atoms with Crippen molar-refractivity contribution in [1.29, 1.82) is 0 Å². The third-order valence-electron chi connectivity index (χ3n) is 1.76. The molecule has 80 valence electrons. The van der Waals surface area contributed by atoms with Gasteiger partial charge >= 0.3 is 5.97 Å². The Labute approximate surface area is 96.5 Å². The molecule has 0 heterocycles. The van der Waals surface area contributed by atoms with Gasteiger partial charge in [0.2, 0.25) is 0 Å². The predicted octanol–water partition coefficient (Wildman–Crippen LogP) is 2.56. The van der Waals surface area contributed by atoms with Gasteiger partial charge in [-0.1, -0.05) is 28.1 Å². The molecule has 0 saturated heterocycles. The van der Waals surface area contributed by atoms with Crippen LogP contribution in [0.4, 0.5) is 0 Å². The number of aliphatic carboxylic acids is 1. The van der Waals surface area contributed by atoms with Gasteiger partial charge in [-0.15, -0.1) is 0 Å². The lowest BCUT2D eigenvalue weighted by Gasteiger charge is -2.01. The summed E-state index contributed by atoms with van der Waals surface area (Å²) in [5.74, 6) is -0.961. The van der Waals surface area contributed by atoms with Crippen molar-refractivity contribution in [2.24, 2.45) is 0 Å². The molecule has 0 aliphatic carbocycles. The first-order chi connectivity index (χ1) is 7.13. The molecule has 0 aliphatic heterocycles. The highest BCUT2D eigenvalue weighted by Crippen LogP contribution is 2.14. The SMILES string of the molecule is COC/C(=C\c1cccc(Br)c1)C(=O)O. The Balaban J connectivity index is 2.96. The summed E-state index contributed by atoms with van der Waals surface area (Å²) >= 11 is 3.32. The summed E-state index contributed by atoms with van der Waals surface area (Å²) < 4.78 is 5.72. The van der Waals surface area contributed by atoms with Gasteiger partial charge in [0.25, 0.3) is 0 Å². The highest BCUT2D eigenvalue weighted by Gasteiger charge is 2.06. The van der Waals surface area contributed by atoms with Crippen LogP contribution in [0.2, 0.25) is 0 Å². The lowest BCUT2D eigenvalue weighted by molar-refractivity contribution is -0.133. The molecular weight excluding hydrogens is 260 g/mol. The van der Waals surface area contributed by atoms with E-state index in [9.17, 15) is 4.79 Å². The van der Waals surface area contributed by atoms with Crippen LogP contribution in [0.5, 0.6) is 0 Å². The Hall–Kier alpha value is -1.13. The first-order valence-electron chi connectivity index (χ1n) is 4.32. The Morgan fingerprint density at radius 2 is 2.33 bits per heavy atom. The average Bonchev–Trinajstić information content (AvgIpc) is 2.17. The summed E-state index contributed by atoms with van der Waals surface area (Å²) in [6.07, 6.45) is 1.59. The highest BCUT2D eigenvalue weighted by atomic mass is 79.9. The molecule has 0 radical (unpaired) electrons. The van der Waals surface area contributed by atoms with Crippen LogP contribution in [0.25, 0.3) is 6.08 Å². The lowest BCUT2D eigenvalue weighted by atomic mass is 10.1. The standard InChI is InChI=1S/C11H11BrO3/c1-15-7-9(11(13)14)5-8-3-2-4-10(12)6-8/h2-6H,7H2,1H3,(H,13,14)/b9-5+. The van der Waals surface area contributed by atoms with Crippen LogP contribution in [0, 0.1) is 0 Å². The van der Waals surface area contributed by atoms with E-state index in [0.29, 0.717) is 0 Å². The van der Waals surface area contributed by atoms with Gasteiger partial charge in [0, 0.05) is 11.6 Å². The second kappa shape index (κ2) is 5.68. The van der Waals surface area contributed by atoms with Gasteiger partial charge in [-0.2, -0.15) is 0 Å². The minimum atomic E-state index is -0.961. The van der Waals surface area contributed by atoms with E-state index < -0.39 is 5.97 Å². The molecule has 1 rings (SSSR count). The number of hydrogen-bond donors (Lipinski definition) is 1. The van der Waals surface area contributed by atoms with Crippen LogP contribution in [0.15, 0.2) is 34.3 Å². The molecule has 1 aromatic carbocycles. The molecule has 0 spiro atoms. The fraction of sp³-hybridized carbons (Fsp3) is 0.182. The maximum atomic E-state index is 10.8. The summed E-state index contributed by atoms with van der Waals surface area (Å²) in [4.78, 5) is 10.8. The second-order valence-corrected chi connectivity index (χ2v) is 3.88. The number of carbonyl (C=O) groups is 1. The van der Waals surface area contributed by atoms with Crippen molar-refractivity contribution >= 4 is 28.0 Å². The predicted molar refractivity (Wildman–Crippen MR) is 61.6 cm³/mol. The van der Waals surface area contributed by atoms with Crippen molar-refractivity contribution in [2.75, 3.05) is 13.7 Å². The third-order valence-corrected chi connectivity index (χ3v) is 2.26. The molecule has 3 nitrogen and oxygen atoms in total. The van der Waals surface area contributed by atoms with Crippen LogP contribution in [0.1, 0.15) is 5.56 Å². The molecule has 0 bridgehead atoms. The van der Waals surface area contributed by atoms with E-state index in [4.69, 9.17) is 9.84 Å². The molecule has 1 N–H and O–H groups in total. The van der Waals surface area contributed by atoms with Crippen LogP contribution in [-0.4, -0.2) is 24.8 Å². The lowest BCUT2D eigenvalue weighted by Crippen LogP contribution is -2.06. The van der Waals surface area contributed by atoms with E-state index in [1.54, 1.807) is 6.08 Å². The van der Waals surface area contributed by atoms with Crippen molar-refractivity contribution in [2.45, 2.75) is 0 Å². The summed E-state index contributed by atoms with van der Waals surface area (Å²) in [6, 6.07) is 7.41. The third kappa shape index (κ3) is 3.85. The Morgan fingerprint density at radius 1 is 1.60 bits per heavy atom. The molecule has 15 heavy (non-hydrogen) atoms. The normalized spacial score (nSPS) is 11.5. The first kappa shape index (κ1) is 11.9. The topological polar surface area (TPSA) is 46.5 Å². The van der Waals surface area contributed by atoms with Crippen molar-refractivity contribution in [1.82, 2.24) is 0 Å². The second-order valence-electron chi connectivity index (χ2n) is 2.96. The average molecular weight is 271 g/mol. The van der Waals surface area contributed by atoms with Gasteiger partial charge in [-0.05, 0) is 23.8 Å². The van der Waals surface area contributed by atoms with Crippen LogP contribution in [0.3, 0.4) is 0 Å². The minimum Gasteiger partial charge on any atom is -0.478 e. The monoisotopic (exact) mass is 270 g/mol. The molecule has 1 aromatic rings. The van der Waals surface area contributed by atoms with E-state index >= 15 is 0 Å². The summed E-state index contributed by atoms with van der Waals surface area (Å²) in [7, 11) is 1.47. The van der Waals surface area contributed by atoms with E-state index in [1.165, 1.54) is 7.11 Å². The summed E-state index contributed by atoms with van der Waals surface area (Å²) in [6.45, 7) is 0.0991. The largest absolute Gasteiger partial charge is 0.478 e. The number of methoxy groups -OCH3 is 1. The minimum absolute atomic E-state index is 0.0991. The van der Waals surface area contributed by atoms with Gasteiger partial charge in [-0.3, -0.25) is 0 Å². The zero-order valence-electron chi connectivity index (χ0n) is 8.24. The number of halogens is 1. The summed E-state index contributed by atoms with van der Waals surface area (Å²) in [5, 5.41) is 8.87. The maximum absolute atomic E-state index is 10.8. The van der Waals surface area contributed by atoms with Gasteiger partial charge in [-0.25, -0.2) is 4.79 Å². The quantitative estimate of drug-likeness (QED) is 0.856. The molecule has 0 aliphatic rings. The Kier molecular flexibility index (Phi) is 4.52. The van der Waals surface area contributed by atoms with Crippen molar-refractivity contribution in [3.05, 3.63) is 39.9 Å². The van der Waals surface area contributed by atoms with Crippen molar-refractivity contribution in [3.8, 4) is 0 Å². The molecular formula is C11H11BrO3. The van der Waals surface area contributed by atoms with Crippen LogP contribution >= 0.6 is 15.9 Å². The van der Waals surface area contributed by atoms with Crippen molar-refractivity contribution in [3.63, 3.8) is 0 Å². The molecule has 0 fully saturated rings. The van der Waals surface area contributed by atoms with E-state index in [2.05, 4.69) is 15.9 Å². The van der Waals surface area contributed by atoms with E-state index in [1.807, 2.05) is 24.3 Å². The van der Waals surface area contributed by atoms with Gasteiger partial charge in [0.1, 0.15) is 0 Å². The molecule has 0 atom stereocenters. The smallest absolute Gasteiger partial charge is 0.333 e. The number of hydrogen-bond acceptors (Lipinski definition) is 2. The van der Waals surface area contributed by atoms with Gasteiger partial charge in [0.15, 0.2) is 0 Å². The first-order valence-corrected chi connectivity index (χ1v) is 5.11. The van der Waals surface area contributed by atoms with E-state index in [0.717, 1.165) is 10.0 Å². The zero-order valence-corrected chi connectivity index (χ0v) is 9.82. The number of carboxylic acids is 1. The molecule has 0 amide bonds. The fourth-order valence-electron chi connectivity index (χ4n) is 1.12. The zero-order chi connectivity index (χ0) is 11.3. The van der Waals surface area contributed by atoms with Crippen LogP contribution < -0.4 is 0 Å². The number of carboxylic acid groups (broad SMARTS) is 1. The highest BCUT2D eigenvalue weighted by molar-refractivity contribution is 9.10. The Bertz CT molecular complexity index is 385. The molecule has 0 aromatic heterocycles. The maximum Gasteiger partial charge on any atom is 0.333 e. The van der Waals surface area contributed by atoms with Crippen molar-refractivity contribution < 1.29 is 14.6 Å². The summed E-state index contributed by atoms with van der Waals surface area (Å²) in [5.41, 5.74) is 1.06. The van der Waals surface area contributed by atoms with Crippen LogP contribution in [-0.2, 0) is 9.53 Å². The molecule has 4 heteroatoms. The Morgan fingerprint density at radius 3 is 2.87 bits per heavy atom. The van der Waals surface area contributed by atoms with Gasteiger partial charge < -0.3 is 9.84 Å². The van der Waals surface area contributed by atoms with E-state index in [-0.39, 0.29) is 12.2 Å². The number of benzene rings is 1. The fourth-order valence-corrected chi connectivity index (χ4v) is 1.54. The van der Waals surface area contributed by atoms with Gasteiger partial charge in [0.05, 0.1) is 12.2 Å². The number of rotatable bonds is 4. The number of ether oxygens (including phenoxy) is 1. The molecule has 0 unspecified atom stereocenters. The molecule has 0 saturated carbocycles.